The molecule has 2 fully saturated rings. The van der Waals surface area contributed by atoms with Gasteiger partial charge in [-0.15, -0.1) is 10.2 Å². The van der Waals surface area contributed by atoms with Crippen molar-refractivity contribution in [2.45, 2.75) is 125 Å². The second kappa shape index (κ2) is 26.6. The topological polar surface area (TPSA) is 237 Å². The highest BCUT2D eigenvalue weighted by Gasteiger charge is 2.37. The number of nitrogens with zero attached hydrogens (tertiary/aromatic N) is 12. The van der Waals surface area contributed by atoms with Crippen LogP contribution in [-0.4, -0.2) is 149 Å². The highest BCUT2D eigenvalue weighted by atomic mass is 79.9. The summed E-state index contributed by atoms with van der Waals surface area (Å²) in [5, 5.41) is 12.9. The van der Waals surface area contributed by atoms with Crippen molar-refractivity contribution in [1.82, 2.24) is 48.1 Å². The number of amides is 4. The minimum Gasteiger partial charge on any atom is -0.444 e. The number of ether oxygens (including phenoxy) is 3. The zero-order valence-electron chi connectivity index (χ0n) is 50.4. The van der Waals surface area contributed by atoms with Crippen LogP contribution in [0.3, 0.4) is 0 Å². The molecule has 32 heteroatoms. The third kappa shape index (κ3) is 15.6. The lowest BCUT2D eigenvalue weighted by atomic mass is 10.1. The molecule has 9 rings (SSSR count). The molecule has 0 atom stereocenters. The fourth-order valence-corrected chi connectivity index (χ4v) is 11.2. The maximum atomic E-state index is 14.1. The van der Waals surface area contributed by atoms with Crippen LogP contribution in [0.15, 0.2) is 44.7 Å². The Morgan fingerprint density at radius 1 is 0.629 bits per heavy atom. The van der Waals surface area contributed by atoms with Crippen LogP contribution >= 0.6 is 39.1 Å². The standard InChI is InChI=1S/C31H37ClF3N7O5.C26H30BrClF3N7O4/c1-6-23-25(39-9-11-40(12-10-39)29(45)47-30(3,4)5)27(44)42-28(37-26(38-42)19-7-13-46-14-8-19)41(23)17-24(43)36-22-16-21(32)20(15-18(22)2)31(33,34)35;1-6-18-20(35-7-9-36(10-8-35)24(41)42-25(3,4)5)21(40)38-23(33-22(27)34-38)37(18)13-19(39)32-17-12-16(28)15(11-14(17)2)26(29,30)31/h7,15-16H,6,8-14,17H2,1-5H3,(H,36,43);11-12H,6-10,13H2,1-5H3,(H,32,39). The molecule has 0 radical (unpaired) electrons. The Kier molecular flexibility index (Phi) is 20.1. The molecule has 0 bridgehead atoms. The van der Waals surface area contributed by atoms with Gasteiger partial charge in [-0.2, -0.15) is 45.3 Å². The lowest BCUT2D eigenvalue weighted by Crippen LogP contribution is -2.51. The van der Waals surface area contributed by atoms with Gasteiger partial charge in [0, 0.05) is 63.7 Å². The molecule has 89 heavy (non-hydrogen) atoms. The second-order valence-electron chi connectivity index (χ2n) is 23.2. The predicted octanol–water partition coefficient (Wildman–Crippen LogP) is 9.83. The molecule has 4 amide bonds. The Hall–Kier alpha value is -7.44. The van der Waals surface area contributed by atoms with E-state index in [1.165, 1.54) is 18.4 Å². The van der Waals surface area contributed by atoms with Crippen molar-refractivity contribution in [2.24, 2.45) is 0 Å². The number of hydrogen-bond acceptors (Lipinski definition) is 15. The number of fused-ring (bicyclic) bond motifs is 2. The molecule has 3 aliphatic heterocycles. The first-order chi connectivity index (χ1) is 41.6. The number of carbonyl (C=O) groups is 4. The van der Waals surface area contributed by atoms with E-state index >= 15 is 0 Å². The molecule has 0 aliphatic carbocycles. The van der Waals surface area contributed by atoms with Crippen LogP contribution in [0.2, 0.25) is 10.0 Å². The van der Waals surface area contributed by atoms with Crippen molar-refractivity contribution in [3.8, 4) is 0 Å². The fraction of sp³-hybridized carbons (Fsp3) is 0.509. The summed E-state index contributed by atoms with van der Waals surface area (Å²) in [7, 11) is 0. The summed E-state index contributed by atoms with van der Waals surface area (Å²) < 4.78 is 102. The molecular weight excluding hydrogens is 1290 g/mol. The Morgan fingerprint density at radius 3 is 1.40 bits per heavy atom. The van der Waals surface area contributed by atoms with Gasteiger partial charge in [-0.25, -0.2) is 9.59 Å². The van der Waals surface area contributed by atoms with Crippen molar-refractivity contribution in [3.63, 3.8) is 0 Å². The number of benzene rings is 2. The van der Waals surface area contributed by atoms with E-state index in [2.05, 4.69) is 46.7 Å². The van der Waals surface area contributed by atoms with Crippen LogP contribution < -0.4 is 31.6 Å². The zero-order chi connectivity index (χ0) is 65.4. The van der Waals surface area contributed by atoms with Gasteiger partial charge in [0.15, 0.2) is 5.82 Å². The number of aromatic nitrogens is 8. The van der Waals surface area contributed by atoms with Crippen molar-refractivity contribution in [3.05, 3.63) is 105 Å². The number of alkyl halides is 6. The van der Waals surface area contributed by atoms with E-state index in [1.54, 1.807) is 60.5 Å². The van der Waals surface area contributed by atoms with Gasteiger partial charge in [-0.05, 0) is 132 Å². The van der Waals surface area contributed by atoms with Gasteiger partial charge in [-0.3, -0.25) is 19.2 Å². The van der Waals surface area contributed by atoms with E-state index in [0.29, 0.717) is 113 Å². The van der Waals surface area contributed by atoms with Gasteiger partial charge in [0.05, 0.1) is 45.8 Å². The molecule has 482 valence electrons. The molecule has 3 aliphatic rings. The monoisotopic (exact) mass is 1350 g/mol. The minimum absolute atomic E-state index is 0.109. The highest BCUT2D eigenvalue weighted by molar-refractivity contribution is 9.10. The van der Waals surface area contributed by atoms with Gasteiger partial charge in [0.2, 0.25) is 28.1 Å². The van der Waals surface area contributed by atoms with Crippen LogP contribution in [-0.2, 0) is 62.1 Å². The van der Waals surface area contributed by atoms with E-state index in [9.17, 15) is 55.1 Å². The maximum Gasteiger partial charge on any atom is 0.417 e. The number of anilines is 4. The molecule has 0 saturated carbocycles. The number of rotatable bonds is 11. The largest absolute Gasteiger partial charge is 0.444 e. The number of halogens is 9. The average molecular weight is 1360 g/mol. The molecule has 7 heterocycles. The number of piperazine rings is 2. The molecule has 2 N–H and O–H groups in total. The molecule has 0 unspecified atom stereocenters. The van der Waals surface area contributed by atoms with Crippen LogP contribution in [0.4, 0.5) is 58.7 Å². The van der Waals surface area contributed by atoms with Gasteiger partial charge < -0.3 is 53.6 Å². The number of hydrogen-bond donors (Lipinski definition) is 2. The third-order valence-corrected chi connectivity index (χ3v) is 15.4. The van der Waals surface area contributed by atoms with E-state index in [0.717, 1.165) is 34.4 Å². The lowest BCUT2D eigenvalue weighted by Gasteiger charge is -2.37. The van der Waals surface area contributed by atoms with Crippen LogP contribution in [0, 0.1) is 13.8 Å². The number of carbonyl (C=O) groups excluding carboxylic acids is 4. The predicted molar refractivity (Wildman–Crippen MR) is 324 cm³/mol. The number of nitrogens with one attached hydrogen (secondary N) is 2. The van der Waals surface area contributed by atoms with Crippen molar-refractivity contribution in [1.29, 1.82) is 0 Å². The lowest BCUT2D eigenvalue weighted by molar-refractivity contribution is -0.138. The minimum atomic E-state index is -4.65. The van der Waals surface area contributed by atoms with E-state index < -0.39 is 79.8 Å². The quantitative estimate of drug-likeness (QED) is 0.115. The summed E-state index contributed by atoms with van der Waals surface area (Å²) in [4.78, 5) is 95.5. The molecule has 2 saturated heterocycles. The van der Waals surface area contributed by atoms with Crippen LogP contribution in [0.5, 0.6) is 0 Å². The Morgan fingerprint density at radius 2 is 1.03 bits per heavy atom. The number of aryl methyl sites for hydroxylation is 2. The molecular formula is C57H67BrCl2F6N14O9. The normalized spacial score (nSPS) is 15.2. The van der Waals surface area contributed by atoms with E-state index in [1.807, 2.05) is 29.7 Å². The summed E-state index contributed by atoms with van der Waals surface area (Å²) in [6, 6.07) is 3.89. The summed E-state index contributed by atoms with van der Waals surface area (Å²) >= 11 is 15.0. The molecule has 4 aromatic heterocycles. The third-order valence-electron chi connectivity index (χ3n) is 14.4. The maximum absolute atomic E-state index is 14.1. The Bertz CT molecular complexity index is 3870. The summed E-state index contributed by atoms with van der Waals surface area (Å²) in [6.45, 7) is 20.0. The van der Waals surface area contributed by atoms with Gasteiger partial charge in [0.25, 0.3) is 11.1 Å². The zero-order valence-corrected chi connectivity index (χ0v) is 53.5. The SMILES string of the molecule is CCc1c(N2CCN(C(=O)OC(C)(C)C)CC2)c(=O)n2nc(Br)nc2n1CC(=O)Nc1cc(Cl)c(C(F)(F)F)cc1C.CCc1c(N2CCN(C(=O)OC(C)(C)C)CC2)c(=O)n2nc(C3=CCOCC3)nc2n1CC(=O)Nc1cc(Cl)c(C(F)(F)F)cc1C. The average Bonchev–Trinajstić information content (AvgIpc) is 1.77. The van der Waals surface area contributed by atoms with Crippen LogP contribution in [0.1, 0.15) is 101 Å². The summed E-state index contributed by atoms with van der Waals surface area (Å²) in [5.41, 5.74) is -1.10. The highest BCUT2D eigenvalue weighted by Crippen LogP contribution is 2.39. The van der Waals surface area contributed by atoms with Crippen molar-refractivity contribution >= 4 is 103 Å². The Balaban J connectivity index is 0.000000232. The van der Waals surface area contributed by atoms with Gasteiger partial charge in [-0.1, -0.05) is 43.1 Å². The van der Waals surface area contributed by atoms with Crippen LogP contribution in [0.25, 0.3) is 17.1 Å². The van der Waals surface area contributed by atoms with E-state index in [-0.39, 0.29) is 51.9 Å². The second-order valence-corrected chi connectivity index (χ2v) is 24.7. The Labute approximate surface area is 525 Å². The molecule has 2 aromatic carbocycles. The smallest absolute Gasteiger partial charge is 0.417 e. The van der Waals surface area contributed by atoms with Gasteiger partial charge in [0.1, 0.15) is 35.7 Å². The first-order valence-electron chi connectivity index (χ1n) is 28.3. The van der Waals surface area contributed by atoms with E-state index in [4.69, 9.17) is 37.4 Å². The first kappa shape index (κ1) is 67.5. The van der Waals surface area contributed by atoms with Crippen molar-refractivity contribution < 1.29 is 59.7 Å². The summed E-state index contributed by atoms with van der Waals surface area (Å²) in [6.07, 6.45) is -7.11. The summed E-state index contributed by atoms with van der Waals surface area (Å²) in [5.74, 6) is -0.563. The molecule has 23 nitrogen and oxygen atoms in total. The van der Waals surface area contributed by atoms with Gasteiger partial charge >= 0.3 is 24.5 Å². The molecule has 6 aromatic rings. The molecule has 0 spiro atoms. The fourth-order valence-electron chi connectivity index (χ4n) is 10.3. The van der Waals surface area contributed by atoms with Crippen molar-refractivity contribution in [2.75, 3.05) is 86.0 Å². The first-order valence-corrected chi connectivity index (χ1v) is 29.9.